The fraction of sp³-hybridized carbons (Fsp3) is 0. The molecule has 0 aliphatic carbocycles. The highest BCUT2D eigenvalue weighted by molar-refractivity contribution is 7.26. The molecular weight excluding hydrogens is 631 g/mol. The molecule has 234 valence electrons. The van der Waals surface area contributed by atoms with Crippen molar-refractivity contribution < 1.29 is 8.83 Å². The number of para-hydroxylation sites is 2. The van der Waals surface area contributed by atoms with Gasteiger partial charge in [0.05, 0.1) is 0 Å². The van der Waals surface area contributed by atoms with E-state index >= 15 is 0 Å². The summed E-state index contributed by atoms with van der Waals surface area (Å²) in [6, 6.07) is 58.4. The van der Waals surface area contributed by atoms with Gasteiger partial charge in [0, 0.05) is 64.8 Å². The number of fused-ring (bicyclic) bond motifs is 11. The molecule has 11 rings (SSSR count). The highest BCUT2D eigenvalue weighted by atomic mass is 32.1. The maximum Gasteiger partial charge on any atom is 0.137 e. The van der Waals surface area contributed by atoms with Gasteiger partial charge in [-0.3, -0.25) is 0 Å². The van der Waals surface area contributed by atoms with E-state index in [1.807, 2.05) is 35.6 Å². The number of hydrogen-bond acceptors (Lipinski definition) is 4. The van der Waals surface area contributed by atoms with Crippen molar-refractivity contribution in [3.05, 3.63) is 164 Å². The van der Waals surface area contributed by atoms with E-state index < -0.39 is 0 Å². The number of furan rings is 2. The highest BCUT2D eigenvalue weighted by Gasteiger charge is 2.18. The normalized spacial score (nSPS) is 12.0. The molecule has 0 saturated heterocycles. The Kier molecular flexibility index (Phi) is 5.83. The molecule has 50 heavy (non-hydrogen) atoms. The molecule has 3 heterocycles. The molecule has 0 aliphatic heterocycles. The van der Waals surface area contributed by atoms with E-state index in [9.17, 15) is 0 Å². The fourth-order valence-electron chi connectivity index (χ4n) is 7.65. The van der Waals surface area contributed by atoms with Gasteiger partial charge in [-0.1, -0.05) is 91.0 Å². The summed E-state index contributed by atoms with van der Waals surface area (Å²) < 4.78 is 15.2. The smallest absolute Gasteiger partial charge is 0.137 e. The lowest BCUT2D eigenvalue weighted by Crippen LogP contribution is -2.09. The largest absolute Gasteiger partial charge is 0.456 e. The van der Waals surface area contributed by atoms with Crippen molar-refractivity contribution >= 4 is 103 Å². The molecule has 3 nitrogen and oxygen atoms in total. The van der Waals surface area contributed by atoms with E-state index in [1.165, 1.54) is 42.1 Å². The van der Waals surface area contributed by atoms with E-state index in [-0.39, 0.29) is 0 Å². The summed E-state index contributed by atoms with van der Waals surface area (Å²) in [5, 5.41) is 9.66. The molecule has 0 unspecified atom stereocenters. The lowest BCUT2D eigenvalue weighted by molar-refractivity contribution is 0.668. The van der Waals surface area contributed by atoms with Crippen molar-refractivity contribution in [2.24, 2.45) is 0 Å². The Balaban J connectivity index is 1.04. The Morgan fingerprint density at radius 1 is 0.360 bits per heavy atom. The van der Waals surface area contributed by atoms with Gasteiger partial charge in [0.2, 0.25) is 0 Å². The molecule has 0 amide bonds. The van der Waals surface area contributed by atoms with Gasteiger partial charge in [-0.15, -0.1) is 11.3 Å². The quantitative estimate of drug-likeness (QED) is 0.189. The summed E-state index contributed by atoms with van der Waals surface area (Å²) in [5.74, 6) is 0. The molecule has 0 atom stereocenters. The summed E-state index contributed by atoms with van der Waals surface area (Å²) in [6.45, 7) is 0. The van der Waals surface area contributed by atoms with Crippen LogP contribution in [0.4, 0.5) is 17.1 Å². The maximum absolute atomic E-state index is 6.35. The van der Waals surface area contributed by atoms with Gasteiger partial charge in [-0.05, 0) is 88.6 Å². The molecule has 0 fully saturated rings. The summed E-state index contributed by atoms with van der Waals surface area (Å²) >= 11 is 1.88. The molecule has 0 spiro atoms. The second-order valence-electron chi connectivity index (χ2n) is 12.9. The first-order valence-electron chi connectivity index (χ1n) is 16.8. The van der Waals surface area contributed by atoms with E-state index in [2.05, 4.69) is 144 Å². The molecule has 11 aromatic rings. The number of anilines is 3. The second kappa shape index (κ2) is 10.6. The first-order valence-corrected chi connectivity index (χ1v) is 17.6. The molecule has 0 N–H and O–H groups in total. The predicted molar refractivity (Wildman–Crippen MR) is 212 cm³/mol. The van der Waals surface area contributed by atoms with Gasteiger partial charge >= 0.3 is 0 Å². The van der Waals surface area contributed by atoms with Crippen LogP contribution in [0.15, 0.2) is 173 Å². The Bertz CT molecular complexity index is 3110. The summed E-state index contributed by atoms with van der Waals surface area (Å²) in [6.07, 6.45) is 0. The third-order valence-corrected chi connectivity index (χ3v) is 11.3. The minimum absolute atomic E-state index is 0.865. The predicted octanol–water partition coefficient (Wildman–Crippen LogP) is 14.1. The van der Waals surface area contributed by atoms with E-state index in [4.69, 9.17) is 8.83 Å². The molecule has 0 saturated carbocycles. The van der Waals surface area contributed by atoms with E-state index in [1.54, 1.807) is 0 Å². The van der Waals surface area contributed by atoms with Gasteiger partial charge in [0.15, 0.2) is 0 Å². The van der Waals surface area contributed by atoms with E-state index in [0.29, 0.717) is 0 Å². The SMILES string of the molecule is c1ccc2c(c1)oc1cc(N(c3ccc(-c4ccc5c(ccc6c7ccccc7sc56)c4)cc3)c3ccc4oc5ccccc5c4c3)ccc12. The maximum atomic E-state index is 6.35. The highest BCUT2D eigenvalue weighted by Crippen LogP contribution is 2.43. The summed E-state index contributed by atoms with van der Waals surface area (Å²) in [7, 11) is 0. The number of nitrogens with zero attached hydrogens (tertiary/aromatic N) is 1. The number of benzene rings is 8. The Hall–Kier alpha value is -6.36. The molecule has 4 heteroatoms. The lowest BCUT2D eigenvalue weighted by atomic mass is 9.99. The first kappa shape index (κ1) is 27.6. The third-order valence-electron chi connectivity index (χ3n) is 10.1. The second-order valence-corrected chi connectivity index (χ2v) is 14.0. The van der Waals surface area contributed by atoms with Gasteiger partial charge in [-0.25, -0.2) is 0 Å². The van der Waals surface area contributed by atoms with Crippen LogP contribution in [0.3, 0.4) is 0 Å². The molecule has 3 aromatic heterocycles. The van der Waals surface area contributed by atoms with Crippen LogP contribution in [0.1, 0.15) is 0 Å². The molecule has 0 bridgehead atoms. The Morgan fingerprint density at radius 2 is 0.940 bits per heavy atom. The van der Waals surface area contributed by atoms with Gasteiger partial charge in [0.1, 0.15) is 22.3 Å². The van der Waals surface area contributed by atoms with Crippen molar-refractivity contribution in [3.8, 4) is 11.1 Å². The third kappa shape index (κ3) is 4.16. The van der Waals surface area contributed by atoms with Crippen LogP contribution in [0, 0.1) is 0 Å². The minimum Gasteiger partial charge on any atom is -0.456 e. The molecule has 8 aromatic carbocycles. The van der Waals surface area contributed by atoms with Crippen molar-refractivity contribution in [2.75, 3.05) is 4.90 Å². The fourth-order valence-corrected chi connectivity index (χ4v) is 8.89. The molecule has 0 aliphatic rings. The van der Waals surface area contributed by atoms with Gasteiger partial charge in [0.25, 0.3) is 0 Å². The zero-order valence-corrected chi connectivity index (χ0v) is 27.6. The van der Waals surface area contributed by atoms with Gasteiger partial charge in [-0.2, -0.15) is 0 Å². The van der Waals surface area contributed by atoms with E-state index in [0.717, 1.165) is 60.9 Å². The average Bonchev–Trinajstić information content (AvgIpc) is 3.86. The zero-order chi connectivity index (χ0) is 32.8. The van der Waals surface area contributed by atoms with Crippen molar-refractivity contribution in [1.29, 1.82) is 0 Å². The Labute approximate surface area is 290 Å². The minimum atomic E-state index is 0.865. The molecular formula is C46H27NO2S. The Morgan fingerprint density at radius 3 is 1.78 bits per heavy atom. The van der Waals surface area contributed by atoms with Crippen LogP contribution in [-0.2, 0) is 0 Å². The van der Waals surface area contributed by atoms with Crippen molar-refractivity contribution in [3.63, 3.8) is 0 Å². The lowest BCUT2D eigenvalue weighted by Gasteiger charge is -2.25. The number of rotatable bonds is 4. The average molecular weight is 658 g/mol. The van der Waals surface area contributed by atoms with Crippen LogP contribution in [0.2, 0.25) is 0 Å². The van der Waals surface area contributed by atoms with Gasteiger partial charge < -0.3 is 13.7 Å². The van der Waals surface area contributed by atoms with Crippen molar-refractivity contribution in [2.45, 2.75) is 0 Å². The number of thiophene rings is 1. The zero-order valence-electron chi connectivity index (χ0n) is 26.8. The topological polar surface area (TPSA) is 29.5 Å². The molecule has 0 radical (unpaired) electrons. The summed E-state index contributed by atoms with van der Waals surface area (Å²) in [4.78, 5) is 2.30. The van der Waals surface area contributed by atoms with Crippen LogP contribution in [-0.4, -0.2) is 0 Å². The summed E-state index contributed by atoms with van der Waals surface area (Å²) in [5.41, 5.74) is 9.03. The van der Waals surface area contributed by atoms with Crippen LogP contribution < -0.4 is 4.90 Å². The first-order chi connectivity index (χ1) is 24.7. The monoisotopic (exact) mass is 657 g/mol. The van der Waals surface area contributed by atoms with Crippen LogP contribution in [0.5, 0.6) is 0 Å². The van der Waals surface area contributed by atoms with Crippen molar-refractivity contribution in [1.82, 2.24) is 0 Å². The number of hydrogen-bond donors (Lipinski definition) is 0. The standard InChI is InChI=1S/C46H27NO2S/c1-4-10-41-35(7-1)37-23-19-33(27-44(37)49-41)47(32-20-24-43-40(26-32)36-8-2-5-11-42(36)48-43)31-17-13-28(14-18-31)29-15-21-34-30(25-29)16-22-39-38-9-3-6-12-45(38)50-46(34)39/h1-27H. The van der Waals surface area contributed by atoms with Crippen LogP contribution >= 0.6 is 11.3 Å². The van der Waals surface area contributed by atoms with Crippen LogP contribution in [0.25, 0.3) is 85.9 Å².